The number of hydrogen-bond acceptors (Lipinski definition) is 2. The Bertz CT molecular complexity index is 377. The SMILES string of the molecule is CCC(Cc1ccc(OC)cc1F)C(=O)O. The van der Waals surface area contributed by atoms with Gasteiger partial charge in [-0.05, 0) is 24.5 Å². The van der Waals surface area contributed by atoms with E-state index in [1.54, 1.807) is 19.1 Å². The average molecular weight is 226 g/mol. The minimum absolute atomic E-state index is 0.210. The molecule has 1 N–H and O–H groups in total. The quantitative estimate of drug-likeness (QED) is 0.839. The lowest BCUT2D eigenvalue weighted by Crippen LogP contribution is -2.16. The van der Waals surface area contributed by atoms with Gasteiger partial charge < -0.3 is 9.84 Å². The molecule has 0 aliphatic carbocycles. The van der Waals surface area contributed by atoms with Gasteiger partial charge in [-0.1, -0.05) is 13.0 Å². The van der Waals surface area contributed by atoms with Crippen LogP contribution < -0.4 is 4.74 Å². The highest BCUT2D eigenvalue weighted by atomic mass is 19.1. The first kappa shape index (κ1) is 12.5. The summed E-state index contributed by atoms with van der Waals surface area (Å²) >= 11 is 0. The molecule has 0 saturated carbocycles. The Kier molecular flexibility index (Phi) is 4.28. The first-order valence-corrected chi connectivity index (χ1v) is 5.13. The summed E-state index contributed by atoms with van der Waals surface area (Å²) in [5.41, 5.74) is 0.412. The molecule has 0 fully saturated rings. The second-order valence-electron chi connectivity index (χ2n) is 3.60. The molecular weight excluding hydrogens is 211 g/mol. The minimum atomic E-state index is -0.891. The van der Waals surface area contributed by atoms with E-state index in [1.165, 1.54) is 13.2 Å². The summed E-state index contributed by atoms with van der Waals surface area (Å²) in [7, 11) is 1.46. The summed E-state index contributed by atoms with van der Waals surface area (Å²) in [6.07, 6.45) is 0.697. The van der Waals surface area contributed by atoms with Crippen LogP contribution in [0.15, 0.2) is 18.2 Å². The number of halogens is 1. The molecule has 0 amide bonds. The third-order valence-corrected chi connectivity index (χ3v) is 2.57. The molecule has 1 atom stereocenters. The van der Waals surface area contributed by atoms with Crippen LogP contribution in [0.25, 0.3) is 0 Å². The second kappa shape index (κ2) is 5.49. The molecule has 3 nitrogen and oxygen atoms in total. The van der Waals surface area contributed by atoms with Crippen LogP contribution in [0.5, 0.6) is 5.75 Å². The van der Waals surface area contributed by atoms with Crippen molar-refractivity contribution >= 4 is 5.97 Å². The smallest absolute Gasteiger partial charge is 0.306 e. The van der Waals surface area contributed by atoms with Crippen molar-refractivity contribution in [3.05, 3.63) is 29.6 Å². The van der Waals surface area contributed by atoms with Crippen molar-refractivity contribution in [1.29, 1.82) is 0 Å². The molecule has 1 unspecified atom stereocenters. The Morgan fingerprint density at radius 3 is 2.69 bits per heavy atom. The Labute approximate surface area is 93.9 Å². The molecule has 4 heteroatoms. The van der Waals surface area contributed by atoms with Crippen molar-refractivity contribution in [3.8, 4) is 5.75 Å². The van der Waals surface area contributed by atoms with Crippen LogP contribution in [-0.2, 0) is 11.2 Å². The largest absolute Gasteiger partial charge is 0.497 e. The van der Waals surface area contributed by atoms with E-state index >= 15 is 0 Å². The Balaban J connectivity index is 2.84. The molecule has 1 aromatic rings. The van der Waals surface area contributed by atoms with Crippen LogP contribution in [-0.4, -0.2) is 18.2 Å². The van der Waals surface area contributed by atoms with Gasteiger partial charge >= 0.3 is 5.97 Å². The van der Waals surface area contributed by atoms with E-state index in [0.717, 1.165) is 0 Å². The average Bonchev–Trinajstić information content (AvgIpc) is 2.26. The first-order chi connectivity index (χ1) is 7.58. The van der Waals surface area contributed by atoms with Gasteiger partial charge in [0, 0.05) is 6.07 Å². The molecule has 0 spiro atoms. The third kappa shape index (κ3) is 2.95. The van der Waals surface area contributed by atoms with Gasteiger partial charge in [0.05, 0.1) is 13.0 Å². The molecule has 0 bridgehead atoms. The fourth-order valence-corrected chi connectivity index (χ4v) is 1.49. The van der Waals surface area contributed by atoms with Crippen LogP contribution >= 0.6 is 0 Å². The normalized spacial score (nSPS) is 12.2. The number of methoxy groups -OCH3 is 1. The highest BCUT2D eigenvalue weighted by Crippen LogP contribution is 2.20. The summed E-state index contributed by atoms with van der Waals surface area (Å²) in [6.45, 7) is 1.78. The molecule has 1 aromatic carbocycles. The molecule has 0 radical (unpaired) electrons. The number of benzene rings is 1. The van der Waals surface area contributed by atoms with E-state index in [2.05, 4.69) is 0 Å². The van der Waals surface area contributed by atoms with E-state index in [9.17, 15) is 9.18 Å². The molecule has 0 aliphatic heterocycles. The van der Waals surface area contributed by atoms with Crippen molar-refractivity contribution in [2.75, 3.05) is 7.11 Å². The topological polar surface area (TPSA) is 46.5 Å². The predicted octanol–water partition coefficient (Wildman–Crippen LogP) is 2.49. The monoisotopic (exact) mass is 226 g/mol. The molecule has 0 aliphatic rings. The van der Waals surface area contributed by atoms with Crippen molar-refractivity contribution < 1.29 is 19.0 Å². The maximum atomic E-state index is 13.5. The Morgan fingerprint density at radius 2 is 2.25 bits per heavy atom. The fraction of sp³-hybridized carbons (Fsp3) is 0.417. The minimum Gasteiger partial charge on any atom is -0.497 e. The molecule has 16 heavy (non-hydrogen) atoms. The number of aliphatic carboxylic acids is 1. The lowest BCUT2D eigenvalue weighted by atomic mass is 9.97. The summed E-state index contributed by atoms with van der Waals surface area (Å²) in [4.78, 5) is 10.8. The number of ether oxygens (including phenoxy) is 1. The van der Waals surface area contributed by atoms with Gasteiger partial charge in [-0.2, -0.15) is 0 Å². The lowest BCUT2D eigenvalue weighted by Gasteiger charge is -2.11. The van der Waals surface area contributed by atoms with Crippen molar-refractivity contribution in [3.63, 3.8) is 0 Å². The van der Waals surface area contributed by atoms with Crippen LogP contribution in [0.4, 0.5) is 4.39 Å². The van der Waals surface area contributed by atoms with Gasteiger partial charge in [0.1, 0.15) is 11.6 Å². The van der Waals surface area contributed by atoms with Gasteiger partial charge in [-0.15, -0.1) is 0 Å². The van der Waals surface area contributed by atoms with Crippen LogP contribution in [0.2, 0.25) is 0 Å². The van der Waals surface area contributed by atoms with E-state index in [1.807, 2.05) is 0 Å². The maximum Gasteiger partial charge on any atom is 0.306 e. The first-order valence-electron chi connectivity index (χ1n) is 5.13. The van der Waals surface area contributed by atoms with Crippen molar-refractivity contribution in [2.45, 2.75) is 19.8 Å². The number of rotatable bonds is 5. The van der Waals surface area contributed by atoms with Crippen molar-refractivity contribution in [2.24, 2.45) is 5.92 Å². The summed E-state index contributed by atoms with van der Waals surface area (Å²) in [5, 5.41) is 8.88. The van der Waals surface area contributed by atoms with Gasteiger partial charge in [-0.3, -0.25) is 4.79 Å². The van der Waals surface area contributed by atoms with Gasteiger partial charge in [0.25, 0.3) is 0 Å². The summed E-state index contributed by atoms with van der Waals surface area (Å²) in [6, 6.07) is 4.47. The van der Waals surface area contributed by atoms with Crippen LogP contribution in [0, 0.1) is 11.7 Å². The second-order valence-corrected chi connectivity index (χ2v) is 3.60. The van der Waals surface area contributed by atoms with E-state index < -0.39 is 17.7 Å². The van der Waals surface area contributed by atoms with Gasteiger partial charge in [0.2, 0.25) is 0 Å². The summed E-state index contributed by atoms with van der Waals surface area (Å²) < 4.78 is 18.4. The number of carboxylic acids is 1. The van der Waals surface area contributed by atoms with Gasteiger partial charge in [0.15, 0.2) is 0 Å². The van der Waals surface area contributed by atoms with Crippen molar-refractivity contribution in [1.82, 2.24) is 0 Å². The standard InChI is InChI=1S/C12H15FO3/c1-3-8(12(14)15)6-9-4-5-10(16-2)7-11(9)13/h4-5,7-8H,3,6H2,1-2H3,(H,14,15). The Hall–Kier alpha value is -1.58. The highest BCUT2D eigenvalue weighted by Gasteiger charge is 2.17. The lowest BCUT2D eigenvalue weighted by molar-refractivity contribution is -0.141. The zero-order valence-electron chi connectivity index (χ0n) is 9.37. The molecule has 88 valence electrons. The predicted molar refractivity (Wildman–Crippen MR) is 58.1 cm³/mol. The molecule has 1 rings (SSSR count). The highest BCUT2D eigenvalue weighted by molar-refractivity contribution is 5.70. The van der Waals surface area contributed by atoms with E-state index in [0.29, 0.717) is 17.7 Å². The number of carboxylic acid groups (broad SMARTS) is 1. The molecular formula is C12H15FO3. The maximum absolute atomic E-state index is 13.5. The molecule has 0 heterocycles. The van der Waals surface area contributed by atoms with Crippen LogP contribution in [0.3, 0.4) is 0 Å². The molecule has 0 aromatic heterocycles. The van der Waals surface area contributed by atoms with Crippen LogP contribution in [0.1, 0.15) is 18.9 Å². The zero-order valence-corrected chi connectivity index (χ0v) is 9.37. The fourth-order valence-electron chi connectivity index (χ4n) is 1.49. The number of hydrogen-bond donors (Lipinski definition) is 1. The summed E-state index contributed by atoms with van der Waals surface area (Å²) in [5.74, 6) is -1.41. The Morgan fingerprint density at radius 1 is 1.56 bits per heavy atom. The van der Waals surface area contributed by atoms with E-state index in [-0.39, 0.29) is 6.42 Å². The van der Waals surface area contributed by atoms with E-state index in [4.69, 9.17) is 9.84 Å². The number of carbonyl (C=O) groups is 1. The molecule has 0 saturated heterocycles. The zero-order chi connectivity index (χ0) is 12.1. The third-order valence-electron chi connectivity index (χ3n) is 2.57. The van der Waals surface area contributed by atoms with Gasteiger partial charge in [-0.25, -0.2) is 4.39 Å².